The third-order valence-corrected chi connectivity index (χ3v) is 4.21. The van der Waals surface area contributed by atoms with Crippen molar-refractivity contribution < 1.29 is 14.3 Å². The Labute approximate surface area is 115 Å². The number of nitrogens with one attached hydrogen (secondary N) is 2. The normalized spacial score (nSPS) is 35.7. The highest BCUT2D eigenvalue weighted by Crippen LogP contribution is 2.21. The molecule has 1 saturated heterocycles. The maximum Gasteiger partial charge on any atom is 0.315 e. The number of rotatable bonds is 3. The molecule has 1 saturated carbocycles. The van der Waals surface area contributed by atoms with Gasteiger partial charge in [-0.15, -0.1) is 0 Å². The molecule has 2 rings (SSSR count). The van der Waals surface area contributed by atoms with Gasteiger partial charge in [0.1, 0.15) is 0 Å². The van der Waals surface area contributed by atoms with Crippen molar-refractivity contribution in [2.75, 3.05) is 20.3 Å². The van der Waals surface area contributed by atoms with Gasteiger partial charge in [0.2, 0.25) is 0 Å². The van der Waals surface area contributed by atoms with E-state index < -0.39 is 0 Å². The first-order valence-corrected chi connectivity index (χ1v) is 7.32. The summed E-state index contributed by atoms with van der Waals surface area (Å²) in [5, 5.41) is 6.12. The molecule has 1 heterocycles. The molecule has 1 aliphatic carbocycles. The van der Waals surface area contributed by atoms with Gasteiger partial charge in [0.05, 0.1) is 24.3 Å². The fourth-order valence-electron chi connectivity index (χ4n) is 2.97. The van der Waals surface area contributed by atoms with Crippen molar-refractivity contribution >= 4 is 6.03 Å². The SMILES string of the molecule is CO[C@H]1CCCCC[C@@H]1NC(=O)N[C@@]1(C)CCOC1. The lowest BCUT2D eigenvalue weighted by molar-refractivity contribution is 0.0654. The zero-order chi connectivity index (χ0) is 13.7. The van der Waals surface area contributed by atoms with E-state index in [0.717, 1.165) is 32.3 Å². The molecule has 0 aromatic rings. The number of urea groups is 1. The Bertz CT molecular complexity index is 303. The largest absolute Gasteiger partial charge is 0.379 e. The van der Waals surface area contributed by atoms with Crippen LogP contribution in [-0.4, -0.2) is 44.0 Å². The second kappa shape index (κ2) is 6.57. The molecule has 1 aliphatic heterocycles. The molecule has 0 bridgehead atoms. The van der Waals surface area contributed by atoms with E-state index in [4.69, 9.17) is 9.47 Å². The van der Waals surface area contributed by atoms with Crippen LogP contribution < -0.4 is 10.6 Å². The highest BCUT2D eigenvalue weighted by molar-refractivity contribution is 5.75. The Morgan fingerprint density at radius 2 is 2.11 bits per heavy atom. The fraction of sp³-hybridized carbons (Fsp3) is 0.929. The van der Waals surface area contributed by atoms with Crippen molar-refractivity contribution in [2.45, 2.75) is 63.1 Å². The Morgan fingerprint density at radius 3 is 2.79 bits per heavy atom. The average molecular weight is 270 g/mol. The van der Waals surface area contributed by atoms with E-state index in [1.54, 1.807) is 7.11 Å². The molecule has 5 nitrogen and oxygen atoms in total. The van der Waals surface area contributed by atoms with Crippen molar-refractivity contribution in [3.8, 4) is 0 Å². The van der Waals surface area contributed by atoms with Gasteiger partial charge in [0, 0.05) is 13.7 Å². The van der Waals surface area contributed by atoms with Gasteiger partial charge in [-0.2, -0.15) is 0 Å². The zero-order valence-electron chi connectivity index (χ0n) is 12.0. The number of methoxy groups -OCH3 is 1. The van der Waals surface area contributed by atoms with Crippen molar-refractivity contribution in [1.29, 1.82) is 0 Å². The predicted octanol–water partition coefficient (Wildman–Crippen LogP) is 1.81. The number of hydrogen-bond acceptors (Lipinski definition) is 3. The minimum atomic E-state index is -0.225. The highest BCUT2D eigenvalue weighted by atomic mass is 16.5. The lowest BCUT2D eigenvalue weighted by Crippen LogP contribution is -2.55. The van der Waals surface area contributed by atoms with Crippen LogP contribution in [0.1, 0.15) is 45.4 Å². The third-order valence-electron chi connectivity index (χ3n) is 4.21. The summed E-state index contributed by atoms with van der Waals surface area (Å²) in [6.07, 6.45) is 6.61. The van der Waals surface area contributed by atoms with Gasteiger partial charge in [-0.3, -0.25) is 0 Å². The number of amides is 2. The van der Waals surface area contributed by atoms with Gasteiger partial charge in [-0.25, -0.2) is 4.79 Å². The smallest absolute Gasteiger partial charge is 0.315 e. The summed E-state index contributed by atoms with van der Waals surface area (Å²) in [5.41, 5.74) is -0.225. The van der Waals surface area contributed by atoms with Crippen LogP contribution in [0.25, 0.3) is 0 Å². The van der Waals surface area contributed by atoms with Crippen molar-refractivity contribution in [3.63, 3.8) is 0 Å². The number of carbonyl (C=O) groups is 1. The first-order chi connectivity index (χ1) is 9.13. The Morgan fingerprint density at radius 1 is 1.32 bits per heavy atom. The summed E-state index contributed by atoms with van der Waals surface area (Å²) in [4.78, 5) is 12.1. The quantitative estimate of drug-likeness (QED) is 0.769. The topological polar surface area (TPSA) is 59.6 Å². The molecule has 0 spiro atoms. The zero-order valence-corrected chi connectivity index (χ0v) is 12.0. The Kier molecular flexibility index (Phi) is 5.05. The van der Waals surface area contributed by atoms with Crippen LogP contribution >= 0.6 is 0 Å². The van der Waals surface area contributed by atoms with Crippen LogP contribution in [0.5, 0.6) is 0 Å². The van der Waals surface area contributed by atoms with Crippen molar-refractivity contribution in [2.24, 2.45) is 0 Å². The van der Waals surface area contributed by atoms with Crippen LogP contribution in [0, 0.1) is 0 Å². The molecule has 2 fully saturated rings. The summed E-state index contributed by atoms with van der Waals surface area (Å²) in [6, 6.07) is 0.0281. The molecule has 2 aliphatic rings. The van der Waals surface area contributed by atoms with E-state index in [9.17, 15) is 4.79 Å². The number of hydrogen-bond donors (Lipinski definition) is 2. The molecule has 2 N–H and O–H groups in total. The number of ether oxygens (including phenoxy) is 2. The molecule has 110 valence electrons. The van der Waals surface area contributed by atoms with Crippen molar-refractivity contribution in [3.05, 3.63) is 0 Å². The molecule has 3 atom stereocenters. The summed E-state index contributed by atoms with van der Waals surface area (Å²) in [7, 11) is 1.73. The standard InChI is InChI=1S/C14H26N2O3/c1-14(8-9-19-10-14)16-13(17)15-11-6-4-3-5-7-12(11)18-2/h11-12H,3-10H2,1-2H3,(H2,15,16,17)/t11-,12-,14-/m0/s1. The van der Waals surface area contributed by atoms with Crippen molar-refractivity contribution in [1.82, 2.24) is 10.6 Å². The highest BCUT2D eigenvalue weighted by Gasteiger charge is 2.32. The van der Waals surface area contributed by atoms with Gasteiger partial charge in [-0.05, 0) is 26.2 Å². The van der Waals surface area contributed by atoms with E-state index in [-0.39, 0.29) is 23.7 Å². The maximum atomic E-state index is 12.1. The van der Waals surface area contributed by atoms with Gasteiger partial charge in [0.15, 0.2) is 0 Å². The molecule has 0 unspecified atom stereocenters. The predicted molar refractivity (Wildman–Crippen MR) is 73.2 cm³/mol. The first-order valence-electron chi connectivity index (χ1n) is 7.32. The van der Waals surface area contributed by atoms with E-state index in [2.05, 4.69) is 10.6 Å². The van der Waals surface area contributed by atoms with E-state index in [1.165, 1.54) is 12.8 Å². The van der Waals surface area contributed by atoms with Crippen LogP contribution in [0.3, 0.4) is 0 Å². The summed E-state index contributed by atoms with van der Waals surface area (Å²) < 4.78 is 10.9. The van der Waals surface area contributed by atoms with Gasteiger partial charge in [0.25, 0.3) is 0 Å². The molecule has 0 radical (unpaired) electrons. The second-order valence-electron chi connectivity index (χ2n) is 5.98. The molecular weight excluding hydrogens is 244 g/mol. The van der Waals surface area contributed by atoms with Gasteiger partial charge < -0.3 is 20.1 Å². The number of carbonyl (C=O) groups excluding carboxylic acids is 1. The molecule has 2 amide bonds. The lowest BCUT2D eigenvalue weighted by atomic mass is 10.0. The minimum Gasteiger partial charge on any atom is -0.379 e. The summed E-state index contributed by atoms with van der Waals surface area (Å²) in [6.45, 7) is 3.35. The van der Waals surface area contributed by atoms with Gasteiger partial charge in [-0.1, -0.05) is 19.3 Å². The lowest BCUT2D eigenvalue weighted by Gasteiger charge is -2.28. The fourth-order valence-corrected chi connectivity index (χ4v) is 2.97. The maximum absolute atomic E-state index is 12.1. The van der Waals surface area contributed by atoms with Gasteiger partial charge >= 0.3 is 6.03 Å². The van der Waals surface area contributed by atoms with Crippen LogP contribution in [0.15, 0.2) is 0 Å². The van der Waals surface area contributed by atoms with E-state index >= 15 is 0 Å². The molecule has 0 aromatic carbocycles. The minimum absolute atomic E-state index is 0.0954. The molecule has 19 heavy (non-hydrogen) atoms. The molecule has 0 aromatic heterocycles. The van der Waals surface area contributed by atoms with Crippen LogP contribution in [-0.2, 0) is 9.47 Å². The van der Waals surface area contributed by atoms with E-state index in [1.807, 2.05) is 6.92 Å². The molecular formula is C14H26N2O3. The monoisotopic (exact) mass is 270 g/mol. The second-order valence-corrected chi connectivity index (χ2v) is 5.98. The first kappa shape index (κ1) is 14.6. The van der Waals surface area contributed by atoms with Crippen LogP contribution in [0.4, 0.5) is 4.79 Å². The summed E-state index contributed by atoms with van der Waals surface area (Å²) in [5.74, 6) is 0. The van der Waals surface area contributed by atoms with E-state index in [0.29, 0.717) is 6.61 Å². The summed E-state index contributed by atoms with van der Waals surface area (Å²) >= 11 is 0. The average Bonchev–Trinajstić information content (AvgIpc) is 2.66. The molecule has 5 heteroatoms. The van der Waals surface area contributed by atoms with Crippen LogP contribution in [0.2, 0.25) is 0 Å². The Balaban J connectivity index is 1.85. The Hall–Kier alpha value is -0.810. The third kappa shape index (κ3) is 4.08.